The summed E-state index contributed by atoms with van der Waals surface area (Å²) in [7, 11) is 0. The number of nitrogens with zero attached hydrogens (tertiary/aromatic N) is 1. The first-order chi connectivity index (χ1) is 12.8. The van der Waals surface area contributed by atoms with E-state index in [1.807, 2.05) is 0 Å². The zero-order valence-corrected chi connectivity index (χ0v) is 17.7. The van der Waals surface area contributed by atoms with Crippen molar-refractivity contribution in [2.24, 2.45) is 11.8 Å². The summed E-state index contributed by atoms with van der Waals surface area (Å²) in [6.07, 6.45) is 2.25. The molecule has 0 radical (unpaired) electrons. The predicted octanol–water partition coefficient (Wildman–Crippen LogP) is 1.29. The second-order valence-electron chi connectivity index (χ2n) is 6.93. The van der Waals surface area contributed by atoms with E-state index >= 15 is 0 Å². The molecule has 0 aromatic rings. The van der Waals surface area contributed by atoms with Crippen molar-refractivity contribution >= 4 is 23.6 Å². The average molecular weight is 408 g/mol. The van der Waals surface area contributed by atoms with E-state index in [1.54, 1.807) is 6.92 Å². The molecule has 3 N–H and O–H groups in total. The molecule has 0 aliphatic rings. The molecule has 0 spiro atoms. The first kappa shape index (κ1) is 26.2. The summed E-state index contributed by atoms with van der Waals surface area (Å²) in [5.41, 5.74) is 0. The molecule has 0 aromatic heterocycles. The number of carbonyl (C=O) groups excluding carboxylic acids is 2. The summed E-state index contributed by atoms with van der Waals surface area (Å²) in [6, 6.07) is 0. The van der Waals surface area contributed by atoms with Crippen molar-refractivity contribution in [3.63, 3.8) is 0 Å². The van der Waals surface area contributed by atoms with Gasteiger partial charge in [-0.3, -0.25) is 9.59 Å². The second kappa shape index (κ2) is 16.2. The standard InChI is InChI=1S/C19H37NO6S/c1-4-15(2)5-6-17(23)13-26-18(24)7-12-27-14-16(3)19(25)20(8-10-21)9-11-22/h15-17,21-23H,4-14H2,1-3H3. The van der Waals surface area contributed by atoms with Crippen molar-refractivity contribution in [3.8, 4) is 0 Å². The van der Waals surface area contributed by atoms with Gasteiger partial charge in [-0.25, -0.2) is 0 Å². The van der Waals surface area contributed by atoms with E-state index < -0.39 is 6.10 Å². The SMILES string of the molecule is CCC(C)CCC(O)COC(=O)CCSCC(C)C(=O)N(CCO)CCO. The molecular formula is C19H37NO6S. The van der Waals surface area contributed by atoms with Crippen LogP contribution in [0.5, 0.6) is 0 Å². The minimum absolute atomic E-state index is 0.0338. The van der Waals surface area contributed by atoms with E-state index in [4.69, 9.17) is 14.9 Å². The maximum absolute atomic E-state index is 12.2. The van der Waals surface area contributed by atoms with Gasteiger partial charge in [0.15, 0.2) is 0 Å². The van der Waals surface area contributed by atoms with E-state index in [2.05, 4.69) is 13.8 Å². The number of rotatable bonds is 16. The lowest BCUT2D eigenvalue weighted by Crippen LogP contribution is -2.39. The lowest BCUT2D eigenvalue weighted by atomic mass is 10.0. The fourth-order valence-corrected chi connectivity index (χ4v) is 3.37. The molecule has 0 fully saturated rings. The molecule has 0 saturated heterocycles. The summed E-state index contributed by atoms with van der Waals surface area (Å²) in [4.78, 5) is 25.4. The van der Waals surface area contributed by atoms with Crippen molar-refractivity contribution in [1.29, 1.82) is 0 Å². The van der Waals surface area contributed by atoms with Crippen LogP contribution in [0.25, 0.3) is 0 Å². The third-order valence-electron chi connectivity index (χ3n) is 4.42. The molecule has 27 heavy (non-hydrogen) atoms. The molecule has 3 atom stereocenters. The number of aliphatic hydroxyl groups is 3. The van der Waals surface area contributed by atoms with Gasteiger partial charge in [0.05, 0.1) is 25.7 Å². The van der Waals surface area contributed by atoms with Gasteiger partial charge in [-0.2, -0.15) is 11.8 Å². The van der Waals surface area contributed by atoms with Crippen molar-refractivity contribution in [1.82, 2.24) is 4.90 Å². The summed E-state index contributed by atoms with van der Waals surface area (Å²) >= 11 is 1.49. The average Bonchev–Trinajstić information content (AvgIpc) is 2.66. The molecule has 0 rings (SSSR count). The van der Waals surface area contributed by atoms with Crippen LogP contribution < -0.4 is 0 Å². The Kier molecular flexibility index (Phi) is 15.7. The lowest BCUT2D eigenvalue weighted by Gasteiger charge is -2.24. The van der Waals surface area contributed by atoms with Crippen LogP contribution in [-0.4, -0.2) is 82.6 Å². The smallest absolute Gasteiger partial charge is 0.306 e. The molecule has 0 aliphatic carbocycles. The number of amides is 1. The van der Waals surface area contributed by atoms with Crippen LogP contribution >= 0.6 is 11.8 Å². The zero-order chi connectivity index (χ0) is 20.7. The Morgan fingerprint density at radius 2 is 1.74 bits per heavy atom. The van der Waals surface area contributed by atoms with Gasteiger partial charge in [0, 0.05) is 30.5 Å². The van der Waals surface area contributed by atoms with Gasteiger partial charge in [0.25, 0.3) is 0 Å². The third-order valence-corrected chi connectivity index (χ3v) is 5.65. The number of aliphatic hydroxyl groups excluding tert-OH is 3. The fraction of sp³-hybridized carbons (Fsp3) is 0.895. The van der Waals surface area contributed by atoms with Crippen LogP contribution in [0.1, 0.15) is 46.5 Å². The van der Waals surface area contributed by atoms with Gasteiger partial charge >= 0.3 is 5.97 Å². The quantitative estimate of drug-likeness (QED) is 0.261. The van der Waals surface area contributed by atoms with Crippen LogP contribution in [0.2, 0.25) is 0 Å². The number of carbonyl (C=O) groups is 2. The Balaban J connectivity index is 3.92. The minimum Gasteiger partial charge on any atom is -0.463 e. The summed E-state index contributed by atoms with van der Waals surface area (Å²) < 4.78 is 5.09. The molecule has 0 saturated carbocycles. The van der Waals surface area contributed by atoms with Gasteiger partial charge in [-0.1, -0.05) is 27.2 Å². The zero-order valence-electron chi connectivity index (χ0n) is 16.9. The second-order valence-corrected chi connectivity index (χ2v) is 8.08. The van der Waals surface area contributed by atoms with E-state index in [9.17, 15) is 14.7 Å². The molecule has 3 unspecified atom stereocenters. The molecule has 0 bridgehead atoms. The maximum Gasteiger partial charge on any atom is 0.306 e. The van der Waals surface area contributed by atoms with Crippen LogP contribution in [-0.2, 0) is 14.3 Å². The number of ether oxygens (including phenoxy) is 1. The van der Waals surface area contributed by atoms with Gasteiger partial charge in [-0.05, 0) is 18.8 Å². The summed E-state index contributed by atoms with van der Waals surface area (Å²) in [5, 5.41) is 27.8. The van der Waals surface area contributed by atoms with Crippen LogP contribution in [0.4, 0.5) is 0 Å². The lowest BCUT2D eigenvalue weighted by molar-refractivity contribution is -0.146. The summed E-state index contributed by atoms with van der Waals surface area (Å²) in [6.45, 7) is 6.21. The topological polar surface area (TPSA) is 107 Å². The van der Waals surface area contributed by atoms with Crippen LogP contribution in [0, 0.1) is 11.8 Å². The summed E-state index contributed by atoms with van der Waals surface area (Å²) in [5.74, 6) is 0.939. The maximum atomic E-state index is 12.2. The van der Waals surface area contributed by atoms with Gasteiger partial charge in [0.2, 0.25) is 5.91 Å². The normalized spacial score (nSPS) is 14.4. The molecule has 0 aromatic carbocycles. The van der Waals surface area contributed by atoms with E-state index in [1.165, 1.54) is 16.7 Å². The highest BCUT2D eigenvalue weighted by Crippen LogP contribution is 2.14. The Hall–Kier alpha value is -0.830. The fourth-order valence-electron chi connectivity index (χ4n) is 2.40. The van der Waals surface area contributed by atoms with Crippen molar-refractivity contribution in [2.75, 3.05) is 44.4 Å². The number of esters is 1. The van der Waals surface area contributed by atoms with Gasteiger partial charge < -0.3 is 25.0 Å². The van der Waals surface area contributed by atoms with Crippen LogP contribution in [0.15, 0.2) is 0 Å². The molecule has 160 valence electrons. The highest BCUT2D eigenvalue weighted by atomic mass is 32.2. The Morgan fingerprint density at radius 1 is 1.11 bits per heavy atom. The van der Waals surface area contributed by atoms with E-state index in [0.717, 1.165) is 12.8 Å². The van der Waals surface area contributed by atoms with Crippen molar-refractivity contribution in [2.45, 2.75) is 52.6 Å². The highest BCUT2D eigenvalue weighted by molar-refractivity contribution is 7.99. The first-order valence-electron chi connectivity index (χ1n) is 9.77. The molecule has 1 amide bonds. The minimum atomic E-state index is -0.614. The molecule has 0 aliphatic heterocycles. The molecule has 7 nitrogen and oxygen atoms in total. The third kappa shape index (κ3) is 13.1. The monoisotopic (exact) mass is 407 g/mol. The highest BCUT2D eigenvalue weighted by Gasteiger charge is 2.20. The van der Waals surface area contributed by atoms with Crippen LogP contribution in [0.3, 0.4) is 0 Å². The van der Waals surface area contributed by atoms with Gasteiger partial charge in [-0.15, -0.1) is 0 Å². The van der Waals surface area contributed by atoms with Crippen molar-refractivity contribution in [3.05, 3.63) is 0 Å². The first-order valence-corrected chi connectivity index (χ1v) is 10.9. The Morgan fingerprint density at radius 3 is 2.30 bits per heavy atom. The number of thioether (sulfide) groups is 1. The molecular weight excluding hydrogens is 370 g/mol. The molecule has 0 heterocycles. The molecule has 8 heteroatoms. The van der Waals surface area contributed by atoms with E-state index in [-0.39, 0.29) is 57.1 Å². The number of hydrogen-bond acceptors (Lipinski definition) is 7. The van der Waals surface area contributed by atoms with E-state index in [0.29, 0.717) is 23.8 Å². The Labute approximate surface area is 167 Å². The van der Waals surface area contributed by atoms with Crippen molar-refractivity contribution < 1.29 is 29.6 Å². The largest absolute Gasteiger partial charge is 0.463 e. The van der Waals surface area contributed by atoms with Gasteiger partial charge in [0.1, 0.15) is 6.61 Å². The number of hydrogen-bond donors (Lipinski definition) is 3. The Bertz CT molecular complexity index is 404. The predicted molar refractivity (Wildman–Crippen MR) is 108 cm³/mol.